The van der Waals surface area contributed by atoms with Crippen molar-refractivity contribution in [2.45, 2.75) is 25.2 Å². The van der Waals surface area contributed by atoms with Gasteiger partial charge in [0.25, 0.3) is 10.0 Å². The number of thiazole rings is 1. The van der Waals surface area contributed by atoms with Crippen LogP contribution >= 0.6 is 11.3 Å². The summed E-state index contributed by atoms with van der Waals surface area (Å²) in [6.07, 6.45) is 0.335. The maximum Gasteiger partial charge on any atom is 0.265 e. The van der Waals surface area contributed by atoms with E-state index in [-0.39, 0.29) is 22.3 Å². The third kappa shape index (κ3) is 4.71. The van der Waals surface area contributed by atoms with E-state index in [0.29, 0.717) is 28.5 Å². The van der Waals surface area contributed by atoms with Crippen molar-refractivity contribution in [3.8, 4) is 21.9 Å². The number of rotatable bonds is 7. The number of amides is 1. The first kappa shape index (κ1) is 21.6. The second-order valence-corrected chi connectivity index (χ2v) is 9.00. The number of methoxy groups -OCH3 is 1. The van der Waals surface area contributed by atoms with Crippen LogP contribution in [0.3, 0.4) is 0 Å². The van der Waals surface area contributed by atoms with Crippen LogP contribution in [0.2, 0.25) is 0 Å². The maximum absolute atomic E-state index is 13.0. The van der Waals surface area contributed by atoms with E-state index in [1.54, 1.807) is 26.0 Å². The van der Waals surface area contributed by atoms with E-state index in [4.69, 9.17) is 4.74 Å². The molecular formula is C20H21N3O5S2. The van der Waals surface area contributed by atoms with Gasteiger partial charge in [-0.05, 0) is 55.0 Å². The van der Waals surface area contributed by atoms with Crippen LogP contribution in [0, 0.1) is 6.92 Å². The number of hydrogen-bond donors (Lipinski definition) is 3. The SMILES string of the molecule is CCC(=O)Nc1nc(C)c(-c2ccc(OC)c(S(=O)(=O)Nc3ccc(O)cc3)c2)s1. The molecule has 0 aliphatic heterocycles. The molecule has 0 aliphatic carbocycles. The van der Waals surface area contributed by atoms with Crippen molar-refractivity contribution < 1.29 is 23.1 Å². The molecule has 0 atom stereocenters. The van der Waals surface area contributed by atoms with Crippen LogP contribution in [-0.4, -0.2) is 31.5 Å². The van der Waals surface area contributed by atoms with Gasteiger partial charge in [-0.15, -0.1) is 0 Å². The standard InChI is InChI=1S/C20H21N3O5S2/c1-4-18(25)22-20-21-12(2)19(29-20)13-5-10-16(28-3)17(11-13)30(26,27)23-14-6-8-15(24)9-7-14/h5-11,23-24H,4H2,1-3H3,(H,21,22,25). The van der Waals surface area contributed by atoms with Gasteiger partial charge in [-0.3, -0.25) is 9.52 Å². The lowest BCUT2D eigenvalue weighted by molar-refractivity contribution is -0.115. The lowest BCUT2D eigenvalue weighted by Gasteiger charge is -2.13. The smallest absolute Gasteiger partial charge is 0.265 e. The Morgan fingerprint density at radius 3 is 2.53 bits per heavy atom. The lowest BCUT2D eigenvalue weighted by Crippen LogP contribution is -2.14. The number of nitrogens with one attached hydrogen (secondary N) is 2. The van der Waals surface area contributed by atoms with Crippen molar-refractivity contribution in [3.63, 3.8) is 0 Å². The minimum absolute atomic E-state index is 0.0316. The Balaban J connectivity index is 1.99. The number of anilines is 2. The van der Waals surface area contributed by atoms with E-state index < -0.39 is 10.0 Å². The number of phenolic OH excluding ortho intramolecular Hbond substituents is 1. The van der Waals surface area contributed by atoms with Gasteiger partial charge in [0.1, 0.15) is 16.4 Å². The van der Waals surface area contributed by atoms with Gasteiger partial charge in [0, 0.05) is 12.1 Å². The summed E-state index contributed by atoms with van der Waals surface area (Å²) < 4.78 is 33.7. The Kier molecular flexibility index (Phi) is 6.28. The number of aryl methyl sites for hydroxylation is 1. The van der Waals surface area contributed by atoms with E-state index in [2.05, 4.69) is 15.0 Å². The lowest BCUT2D eigenvalue weighted by atomic mass is 10.1. The van der Waals surface area contributed by atoms with Crippen molar-refractivity contribution in [2.24, 2.45) is 0 Å². The molecular weight excluding hydrogens is 426 g/mol. The number of carbonyl (C=O) groups excluding carboxylic acids is 1. The molecule has 30 heavy (non-hydrogen) atoms. The molecule has 0 spiro atoms. The van der Waals surface area contributed by atoms with E-state index in [0.717, 1.165) is 4.88 Å². The maximum atomic E-state index is 13.0. The quantitative estimate of drug-likeness (QED) is 0.472. The average Bonchev–Trinajstić information content (AvgIpc) is 3.08. The van der Waals surface area contributed by atoms with Gasteiger partial charge in [0.2, 0.25) is 5.91 Å². The fourth-order valence-electron chi connectivity index (χ4n) is 2.69. The van der Waals surface area contributed by atoms with E-state index in [9.17, 15) is 18.3 Å². The number of carbonyl (C=O) groups is 1. The first-order valence-corrected chi connectivity index (χ1v) is 11.3. The summed E-state index contributed by atoms with van der Waals surface area (Å²) in [5.41, 5.74) is 1.61. The number of hydrogen-bond acceptors (Lipinski definition) is 7. The van der Waals surface area contributed by atoms with Crippen molar-refractivity contribution in [3.05, 3.63) is 48.2 Å². The number of phenols is 1. The molecule has 0 bridgehead atoms. The summed E-state index contributed by atoms with van der Waals surface area (Å²) in [6.45, 7) is 3.54. The summed E-state index contributed by atoms with van der Waals surface area (Å²) in [5, 5.41) is 12.6. The van der Waals surface area contributed by atoms with Crippen molar-refractivity contribution in [1.29, 1.82) is 0 Å². The third-order valence-electron chi connectivity index (χ3n) is 4.20. The number of sulfonamides is 1. The predicted octanol–water partition coefficient (Wildman–Crippen LogP) is 3.98. The van der Waals surface area contributed by atoms with Crippen LogP contribution in [0.5, 0.6) is 11.5 Å². The molecule has 10 heteroatoms. The number of ether oxygens (including phenoxy) is 1. The van der Waals surface area contributed by atoms with Crippen molar-refractivity contribution in [1.82, 2.24) is 4.98 Å². The Bertz CT molecular complexity index is 1170. The average molecular weight is 448 g/mol. The third-order valence-corrected chi connectivity index (χ3v) is 6.72. The molecule has 0 aliphatic rings. The van der Waals surface area contributed by atoms with Gasteiger partial charge in [0.15, 0.2) is 5.13 Å². The molecule has 2 aromatic carbocycles. The highest BCUT2D eigenvalue weighted by Gasteiger charge is 2.22. The van der Waals surface area contributed by atoms with Crippen LogP contribution in [-0.2, 0) is 14.8 Å². The minimum atomic E-state index is -3.97. The van der Waals surface area contributed by atoms with Gasteiger partial charge in [-0.25, -0.2) is 13.4 Å². The fraction of sp³-hybridized carbons (Fsp3) is 0.200. The Hall–Kier alpha value is -3.11. The number of nitrogens with zero attached hydrogens (tertiary/aromatic N) is 1. The van der Waals surface area contributed by atoms with Gasteiger partial charge in [-0.2, -0.15) is 0 Å². The zero-order valence-electron chi connectivity index (χ0n) is 16.6. The zero-order chi connectivity index (χ0) is 21.9. The van der Waals surface area contributed by atoms with Crippen LogP contribution < -0.4 is 14.8 Å². The summed E-state index contributed by atoms with van der Waals surface area (Å²) in [4.78, 5) is 16.7. The van der Waals surface area contributed by atoms with Crippen molar-refractivity contribution >= 4 is 38.1 Å². The van der Waals surface area contributed by atoms with Gasteiger partial charge in [-0.1, -0.05) is 18.3 Å². The van der Waals surface area contributed by atoms with Crippen LogP contribution in [0.4, 0.5) is 10.8 Å². The minimum Gasteiger partial charge on any atom is -0.508 e. The zero-order valence-corrected chi connectivity index (χ0v) is 18.2. The molecule has 1 amide bonds. The second-order valence-electron chi connectivity index (χ2n) is 6.35. The highest BCUT2D eigenvalue weighted by molar-refractivity contribution is 7.92. The highest BCUT2D eigenvalue weighted by Crippen LogP contribution is 2.37. The Morgan fingerprint density at radius 2 is 1.90 bits per heavy atom. The van der Waals surface area contributed by atoms with Gasteiger partial charge >= 0.3 is 0 Å². The van der Waals surface area contributed by atoms with E-state index >= 15 is 0 Å². The first-order valence-electron chi connectivity index (χ1n) is 9.01. The van der Waals surface area contributed by atoms with Crippen LogP contribution in [0.15, 0.2) is 47.4 Å². The topological polar surface area (TPSA) is 118 Å². The molecule has 0 saturated carbocycles. The molecule has 0 unspecified atom stereocenters. The number of aromatic nitrogens is 1. The van der Waals surface area contributed by atoms with Gasteiger partial charge < -0.3 is 15.2 Å². The van der Waals surface area contributed by atoms with Gasteiger partial charge in [0.05, 0.1) is 17.7 Å². The van der Waals surface area contributed by atoms with Crippen LogP contribution in [0.1, 0.15) is 19.0 Å². The molecule has 158 valence electrons. The Morgan fingerprint density at radius 1 is 1.20 bits per heavy atom. The summed E-state index contributed by atoms with van der Waals surface area (Å²) in [5.74, 6) is 0.0715. The van der Waals surface area contributed by atoms with Crippen molar-refractivity contribution in [2.75, 3.05) is 17.1 Å². The number of aromatic hydroxyl groups is 1. The monoisotopic (exact) mass is 447 g/mol. The fourth-order valence-corrected chi connectivity index (χ4v) is 4.93. The van der Waals surface area contributed by atoms with Crippen LogP contribution in [0.25, 0.3) is 10.4 Å². The largest absolute Gasteiger partial charge is 0.508 e. The summed E-state index contributed by atoms with van der Waals surface area (Å²) in [7, 11) is -2.58. The summed E-state index contributed by atoms with van der Waals surface area (Å²) >= 11 is 1.27. The first-order chi connectivity index (χ1) is 14.2. The normalized spacial score (nSPS) is 11.2. The molecule has 0 radical (unpaired) electrons. The molecule has 0 fully saturated rings. The molecule has 3 N–H and O–H groups in total. The second kappa shape index (κ2) is 8.72. The molecule has 1 heterocycles. The molecule has 0 saturated heterocycles. The molecule has 1 aromatic heterocycles. The summed E-state index contributed by atoms with van der Waals surface area (Å²) in [6, 6.07) is 10.5. The van der Waals surface area contributed by atoms with E-state index in [1.165, 1.54) is 48.8 Å². The Labute approximate surface area is 178 Å². The molecule has 3 aromatic rings. The van der Waals surface area contributed by atoms with E-state index in [1.807, 2.05) is 0 Å². The highest BCUT2D eigenvalue weighted by atomic mass is 32.2. The molecule has 8 nitrogen and oxygen atoms in total. The molecule has 3 rings (SSSR count). The predicted molar refractivity (Wildman–Crippen MR) is 117 cm³/mol. The number of benzene rings is 2.